The molecule has 0 amide bonds. The second-order valence-electron chi connectivity index (χ2n) is 4.30. The van der Waals surface area contributed by atoms with Gasteiger partial charge in [-0.25, -0.2) is 13.8 Å². The Morgan fingerprint density at radius 1 is 1.21 bits per heavy atom. The second-order valence-corrected chi connectivity index (χ2v) is 5.11. The van der Waals surface area contributed by atoms with Gasteiger partial charge in [0.15, 0.2) is 0 Å². The fraction of sp³-hybridized carbons (Fsp3) is 0.214. The van der Waals surface area contributed by atoms with E-state index in [1.165, 1.54) is 12.1 Å². The highest BCUT2D eigenvalue weighted by Gasteiger charge is 2.12. The van der Waals surface area contributed by atoms with Crippen molar-refractivity contribution < 1.29 is 8.78 Å². The normalized spacial score (nSPS) is 12.3. The average molecular weight is 327 g/mol. The molecule has 5 heteroatoms. The summed E-state index contributed by atoms with van der Waals surface area (Å²) in [6.07, 6.45) is 0. The number of nitrogens with zero attached hydrogens (tertiary/aromatic N) is 1. The highest BCUT2D eigenvalue weighted by molar-refractivity contribution is 9.10. The van der Waals surface area contributed by atoms with Crippen LogP contribution in [0.1, 0.15) is 24.2 Å². The number of rotatable bonds is 3. The summed E-state index contributed by atoms with van der Waals surface area (Å²) in [5, 5.41) is 3.17. The second kappa shape index (κ2) is 5.65. The molecule has 0 saturated heterocycles. The fourth-order valence-electron chi connectivity index (χ4n) is 1.85. The highest BCUT2D eigenvalue weighted by atomic mass is 79.9. The first-order valence-electron chi connectivity index (χ1n) is 5.82. The lowest BCUT2D eigenvalue weighted by Crippen LogP contribution is -2.10. The summed E-state index contributed by atoms with van der Waals surface area (Å²) < 4.78 is 27.3. The lowest BCUT2D eigenvalue weighted by molar-refractivity contribution is 0.566. The van der Waals surface area contributed by atoms with Crippen molar-refractivity contribution in [3.8, 4) is 0 Å². The van der Waals surface area contributed by atoms with E-state index in [1.807, 2.05) is 26.0 Å². The van der Waals surface area contributed by atoms with Crippen LogP contribution in [0.4, 0.5) is 14.5 Å². The van der Waals surface area contributed by atoms with Crippen molar-refractivity contribution >= 4 is 21.6 Å². The minimum absolute atomic E-state index is 0.276. The predicted molar refractivity (Wildman–Crippen MR) is 75.1 cm³/mol. The SMILES string of the molecule is Cc1nc(Br)ccc1NC(C)c1ccc(F)cc1F. The van der Waals surface area contributed by atoms with E-state index >= 15 is 0 Å². The smallest absolute Gasteiger partial charge is 0.131 e. The first-order valence-corrected chi connectivity index (χ1v) is 6.61. The van der Waals surface area contributed by atoms with Crippen LogP contribution in [0, 0.1) is 18.6 Å². The van der Waals surface area contributed by atoms with Crippen LogP contribution >= 0.6 is 15.9 Å². The van der Waals surface area contributed by atoms with E-state index in [1.54, 1.807) is 0 Å². The summed E-state index contributed by atoms with van der Waals surface area (Å²) in [5.41, 5.74) is 2.05. The average Bonchev–Trinajstić information content (AvgIpc) is 2.32. The molecule has 0 saturated carbocycles. The Bertz CT molecular complexity index is 602. The van der Waals surface area contributed by atoms with Gasteiger partial charge in [0.05, 0.1) is 17.4 Å². The van der Waals surface area contributed by atoms with Crippen molar-refractivity contribution in [3.63, 3.8) is 0 Å². The molecule has 0 aliphatic rings. The number of hydrogen-bond acceptors (Lipinski definition) is 2. The summed E-state index contributed by atoms with van der Waals surface area (Å²) in [7, 11) is 0. The summed E-state index contributed by atoms with van der Waals surface area (Å²) >= 11 is 3.29. The Hall–Kier alpha value is -1.49. The first kappa shape index (κ1) is 13.9. The van der Waals surface area contributed by atoms with Crippen molar-refractivity contribution in [1.29, 1.82) is 0 Å². The molecule has 0 fully saturated rings. The number of pyridine rings is 1. The van der Waals surface area contributed by atoms with Crippen LogP contribution in [0.5, 0.6) is 0 Å². The number of anilines is 1. The zero-order valence-electron chi connectivity index (χ0n) is 10.5. The van der Waals surface area contributed by atoms with Crippen LogP contribution in [0.2, 0.25) is 0 Å². The lowest BCUT2D eigenvalue weighted by atomic mass is 10.1. The molecule has 2 nitrogen and oxygen atoms in total. The molecule has 0 radical (unpaired) electrons. The molecule has 0 spiro atoms. The van der Waals surface area contributed by atoms with Crippen molar-refractivity contribution in [3.05, 3.63) is 57.8 Å². The van der Waals surface area contributed by atoms with Gasteiger partial charge >= 0.3 is 0 Å². The van der Waals surface area contributed by atoms with E-state index < -0.39 is 11.6 Å². The zero-order chi connectivity index (χ0) is 14.0. The standard InChI is InChI=1S/C14H13BrF2N2/c1-8(11-4-3-10(16)7-12(11)17)18-13-5-6-14(15)19-9(13)2/h3-8,18H,1-2H3. The zero-order valence-corrected chi connectivity index (χ0v) is 12.1. The lowest BCUT2D eigenvalue weighted by Gasteiger charge is -2.17. The van der Waals surface area contributed by atoms with Gasteiger partial charge in [-0.15, -0.1) is 0 Å². The Kier molecular flexibility index (Phi) is 4.14. The van der Waals surface area contributed by atoms with Crippen LogP contribution in [0.25, 0.3) is 0 Å². The van der Waals surface area contributed by atoms with Gasteiger partial charge in [-0.2, -0.15) is 0 Å². The summed E-state index contributed by atoms with van der Waals surface area (Å²) in [5.74, 6) is -1.13. The van der Waals surface area contributed by atoms with Crippen LogP contribution in [0.3, 0.4) is 0 Å². The van der Waals surface area contributed by atoms with E-state index in [4.69, 9.17) is 0 Å². The van der Waals surface area contributed by atoms with Gasteiger partial charge < -0.3 is 5.32 Å². The molecule has 2 rings (SSSR count). The molecule has 0 bridgehead atoms. The summed E-state index contributed by atoms with van der Waals surface area (Å²) in [6, 6.07) is 6.99. The monoisotopic (exact) mass is 326 g/mol. The molecule has 1 heterocycles. The van der Waals surface area contributed by atoms with E-state index in [0.29, 0.717) is 5.56 Å². The van der Waals surface area contributed by atoms with Crippen LogP contribution < -0.4 is 5.32 Å². The Morgan fingerprint density at radius 3 is 2.58 bits per heavy atom. The van der Waals surface area contributed by atoms with Crippen molar-refractivity contribution in [1.82, 2.24) is 4.98 Å². The maximum absolute atomic E-state index is 13.7. The summed E-state index contributed by atoms with van der Waals surface area (Å²) in [4.78, 5) is 4.26. The molecule has 1 atom stereocenters. The van der Waals surface area contributed by atoms with E-state index in [2.05, 4.69) is 26.2 Å². The minimum atomic E-state index is -0.574. The molecule has 2 aromatic rings. The topological polar surface area (TPSA) is 24.9 Å². The molecular formula is C14H13BrF2N2. The number of halogens is 3. The largest absolute Gasteiger partial charge is 0.377 e. The molecule has 1 unspecified atom stereocenters. The van der Waals surface area contributed by atoms with Crippen molar-refractivity contribution in [2.45, 2.75) is 19.9 Å². The van der Waals surface area contributed by atoms with Gasteiger partial charge in [0, 0.05) is 11.6 Å². The minimum Gasteiger partial charge on any atom is -0.377 e. The van der Waals surface area contributed by atoms with E-state index in [9.17, 15) is 8.78 Å². The number of aryl methyl sites for hydroxylation is 1. The van der Waals surface area contributed by atoms with Crippen molar-refractivity contribution in [2.24, 2.45) is 0 Å². The Labute approximate surface area is 119 Å². The number of aromatic nitrogens is 1. The van der Waals surface area contributed by atoms with Gasteiger partial charge in [0.25, 0.3) is 0 Å². The predicted octanol–water partition coefficient (Wildman–Crippen LogP) is 4.60. The van der Waals surface area contributed by atoms with E-state index in [-0.39, 0.29) is 6.04 Å². The maximum atomic E-state index is 13.7. The third kappa shape index (κ3) is 3.29. The van der Waals surface area contributed by atoms with Crippen LogP contribution in [-0.2, 0) is 0 Å². The third-order valence-corrected chi connectivity index (χ3v) is 3.29. The molecule has 19 heavy (non-hydrogen) atoms. The van der Waals surface area contributed by atoms with E-state index in [0.717, 1.165) is 22.1 Å². The maximum Gasteiger partial charge on any atom is 0.131 e. The molecule has 1 N–H and O–H groups in total. The van der Waals surface area contributed by atoms with Crippen LogP contribution in [0.15, 0.2) is 34.9 Å². The number of benzene rings is 1. The Balaban J connectivity index is 2.23. The van der Waals surface area contributed by atoms with Crippen molar-refractivity contribution in [2.75, 3.05) is 5.32 Å². The van der Waals surface area contributed by atoms with Gasteiger partial charge in [0.1, 0.15) is 16.2 Å². The third-order valence-electron chi connectivity index (χ3n) is 2.85. The first-order chi connectivity index (χ1) is 8.97. The van der Waals surface area contributed by atoms with Gasteiger partial charge in [-0.05, 0) is 48.0 Å². The summed E-state index contributed by atoms with van der Waals surface area (Å²) in [6.45, 7) is 3.68. The fourth-order valence-corrected chi connectivity index (χ4v) is 2.24. The number of nitrogens with one attached hydrogen (secondary N) is 1. The Morgan fingerprint density at radius 2 is 1.95 bits per heavy atom. The molecule has 1 aromatic heterocycles. The van der Waals surface area contributed by atoms with Gasteiger partial charge in [0.2, 0.25) is 0 Å². The van der Waals surface area contributed by atoms with Gasteiger partial charge in [-0.3, -0.25) is 0 Å². The van der Waals surface area contributed by atoms with Crippen LogP contribution in [-0.4, -0.2) is 4.98 Å². The molecule has 100 valence electrons. The van der Waals surface area contributed by atoms with Gasteiger partial charge in [-0.1, -0.05) is 6.07 Å². The highest BCUT2D eigenvalue weighted by Crippen LogP contribution is 2.24. The molecular weight excluding hydrogens is 314 g/mol. The number of hydrogen-bond donors (Lipinski definition) is 1. The molecule has 0 aliphatic heterocycles. The molecule has 1 aromatic carbocycles. The molecule has 0 aliphatic carbocycles. The quantitative estimate of drug-likeness (QED) is 0.833.